The monoisotopic (exact) mass is 278 g/mol. The molecule has 0 aliphatic heterocycles. The molecule has 1 unspecified atom stereocenters. The number of nitrogens with zero attached hydrogens (tertiary/aromatic N) is 1. The second kappa shape index (κ2) is 5.32. The van der Waals surface area contributed by atoms with Gasteiger partial charge in [0.25, 0.3) is 0 Å². The van der Waals surface area contributed by atoms with Crippen molar-refractivity contribution in [3.63, 3.8) is 0 Å². The fourth-order valence-corrected chi connectivity index (χ4v) is 2.11. The number of anilines is 1. The summed E-state index contributed by atoms with van der Waals surface area (Å²) < 4.78 is 0. The van der Waals surface area contributed by atoms with Crippen LogP contribution in [0.2, 0.25) is 5.02 Å². The Labute approximate surface area is 116 Å². The van der Waals surface area contributed by atoms with E-state index < -0.39 is 11.9 Å². The molecule has 0 fully saturated rings. The van der Waals surface area contributed by atoms with Crippen molar-refractivity contribution in [1.82, 2.24) is 10.2 Å². The Morgan fingerprint density at radius 1 is 1.37 bits per heavy atom. The largest absolute Gasteiger partial charge is 0.370 e. The number of nitrogens with two attached hydrogens (primary N) is 1. The molecule has 0 aliphatic rings. The van der Waals surface area contributed by atoms with Gasteiger partial charge in [-0.3, -0.25) is 9.89 Å². The number of aryl methyl sites for hydroxylation is 2. The average Bonchev–Trinajstić information content (AvgIpc) is 2.68. The molecule has 2 rings (SSSR count). The van der Waals surface area contributed by atoms with Gasteiger partial charge >= 0.3 is 0 Å². The molecule has 100 valence electrons. The Hall–Kier alpha value is -2.01. The molecule has 0 saturated carbocycles. The third-order valence-electron chi connectivity index (χ3n) is 2.91. The van der Waals surface area contributed by atoms with E-state index in [1.165, 1.54) is 0 Å². The number of carbonyl (C=O) groups excluding carboxylic acids is 1. The zero-order valence-electron chi connectivity index (χ0n) is 10.7. The highest BCUT2D eigenvalue weighted by molar-refractivity contribution is 6.30. The van der Waals surface area contributed by atoms with E-state index in [9.17, 15) is 4.79 Å². The molecule has 1 aromatic heterocycles. The van der Waals surface area contributed by atoms with Crippen molar-refractivity contribution in [1.29, 1.82) is 0 Å². The van der Waals surface area contributed by atoms with E-state index in [1.807, 2.05) is 13.8 Å². The first kappa shape index (κ1) is 13.4. The van der Waals surface area contributed by atoms with E-state index in [-0.39, 0.29) is 0 Å². The zero-order valence-corrected chi connectivity index (χ0v) is 11.5. The molecule has 0 saturated heterocycles. The summed E-state index contributed by atoms with van der Waals surface area (Å²) in [6.07, 6.45) is 0. The number of hydrogen-bond acceptors (Lipinski definition) is 3. The quantitative estimate of drug-likeness (QED) is 0.802. The van der Waals surface area contributed by atoms with Crippen LogP contribution in [-0.2, 0) is 4.79 Å². The zero-order chi connectivity index (χ0) is 14.0. The van der Waals surface area contributed by atoms with Crippen molar-refractivity contribution in [2.45, 2.75) is 19.9 Å². The van der Waals surface area contributed by atoms with Crippen molar-refractivity contribution in [2.75, 3.05) is 5.32 Å². The van der Waals surface area contributed by atoms with E-state index in [2.05, 4.69) is 15.5 Å². The first-order valence-corrected chi connectivity index (χ1v) is 6.19. The number of H-pyrrole nitrogens is 1. The molecular formula is C13H15ClN4O. The molecule has 0 aliphatic carbocycles. The van der Waals surface area contributed by atoms with Crippen LogP contribution in [0.25, 0.3) is 0 Å². The molecule has 1 amide bonds. The van der Waals surface area contributed by atoms with Crippen LogP contribution in [0.1, 0.15) is 23.0 Å². The highest BCUT2D eigenvalue weighted by Crippen LogP contribution is 2.24. The standard InChI is InChI=1S/C13H15ClN4O/c1-7-11(8(2)18-17-7)12(13(15)19)16-10-5-3-9(14)4-6-10/h3-6,12,16H,1-2H3,(H2,15,19)(H,17,18). The van der Waals surface area contributed by atoms with Gasteiger partial charge in [-0.25, -0.2) is 0 Å². The van der Waals surface area contributed by atoms with Gasteiger partial charge in [0.05, 0.1) is 5.69 Å². The molecule has 6 heteroatoms. The normalized spacial score (nSPS) is 12.2. The molecule has 4 N–H and O–H groups in total. The third-order valence-corrected chi connectivity index (χ3v) is 3.17. The van der Waals surface area contributed by atoms with Gasteiger partial charge in [0, 0.05) is 22.0 Å². The van der Waals surface area contributed by atoms with Gasteiger partial charge in [-0.1, -0.05) is 11.6 Å². The Bertz CT molecular complexity index is 572. The minimum Gasteiger partial charge on any atom is -0.370 e. The number of halogens is 1. The van der Waals surface area contributed by atoms with Crippen LogP contribution in [0.4, 0.5) is 5.69 Å². The number of aromatic amines is 1. The maximum atomic E-state index is 11.7. The van der Waals surface area contributed by atoms with Gasteiger partial charge in [0.15, 0.2) is 0 Å². The van der Waals surface area contributed by atoms with E-state index >= 15 is 0 Å². The number of rotatable bonds is 4. The summed E-state index contributed by atoms with van der Waals surface area (Å²) in [5.74, 6) is -0.456. The fourth-order valence-electron chi connectivity index (χ4n) is 1.98. The van der Waals surface area contributed by atoms with E-state index in [0.717, 1.165) is 22.6 Å². The molecule has 0 spiro atoms. The number of aromatic nitrogens is 2. The van der Waals surface area contributed by atoms with Crippen LogP contribution >= 0.6 is 11.6 Å². The van der Waals surface area contributed by atoms with Gasteiger partial charge in [-0.15, -0.1) is 0 Å². The summed E-state index contributed by atoms with van der Waals surface area (Å²) in [5, 5.41) is 10.7. The van der Waals surface area contributed by atoms with Crippen LogP contribution in [0.5, 0.6) is 0 Å². The molecule has 2 aromatic rings. The number of primary amides is 1. The Kier molecular flexibility index (Phi) is 3.76. The van der Waals surface area contributed by atoms with E-state index in [0.29, 0.717) is 5.02 Å². The number of nitrogens with one attached hydrogen (secondary N) is 2. The summed E-state index contributed by atoms with van der Waals surface area (Å²) >= 11 is 5.83. The van der Waals surface area contributed by atoms with E-state index in [4.69, 9.17) is 17.3 Å². The molecule has 1 heterocycles. The number of benzene rings is 1. The maximum absolute atomic E-state index is 11.7. The van der Waals surface area contributed by atoms with Gasteiger partial charge in [0.1, 0.15) is 6.04 Å². The van der Waals surface area contributed by atoms with Crippen LogP contribution in [0.15, 0.2) is 24.3 Å². The van der Waals surface area contributed by atoms with Crippen LogP contribution in [0, 0.1) is 13.8 Å². The Morgan fingerprint density at radius 3 is 2.47 bits per heavy atom. The van der Waals surface area contributed by atoms with Crippen LogP contribution in [0.3, 0.4) is 0 Å². The smallest absolute Gasteiger partial charge is 0.244 e. The average molecular weight is 279 g/mol. The second-order valence-corrected chi connectivity index (χ2v) is 4.77. The minimum absolute atomic E-state index is 0.456. The lowest BCUT2D eigenvalue weighted by atomic mass is 10.0. The summed E-state index contributed by atoms with van der Waals surface area (Å²) in [6, 6.07) is 6.46. The van der Waals surface area contributed by atoms with Crippen molar-refractivity contribution in [3.05, 3.63) is 46.2 Å². The highest BCUT2D eigenvalue weighted by Gasteiger charge is 2.23. The van der Waals surface area contributed by atoms with Gasteiger partial charge < -0.3 is 11.1 Å². The SMILES string of the molecule is Cc1n[nH]c(C)c1C(Nc1ccc(Cl)cc1)C(N)=O. The predicted molar refractivity (Wildman–Crippen MR) is 75.1 cm³/mol. The highest BCUT2D eigenvalue weighted by atomic mass is 35.5. The molecule has 5 nitrogen and oxygen atoms in total. The molecule has 0 radical (unpaired) electrons. The molecule has 19 heavy (non-hydrogen) atoms. The van der Waals surface area contributed by atoms with Crippen molar-refractivity contribution < 1.29 is 4.79 Å². The van der Waals surface area contributed by atoms with Gasteiger partial charge in [-0.2, -0.15) is 5.10 Å². The molecular weight excluding hydrogens is 264 g/mol. The number of hydrogen-bond donors (Lipinski definition) is 3. The molecule has 1 aromatic carbocycles. The van der Waals surface area contributed by atoms with Crippen LogP contribution in [-0.4, -0.2) is 16.1 Å². The lowest BCUT2D eigenvalue weighted by Crippen LogP contribution is -2.28. The molecule has 0 bridgehead atoms. The van der Waals surface area contributed by atoms with Gasteiger partial charge in [-0.05, 0) is 38.1 Å². The summed E-state index contributed by atoms with van der Waals surface area (Å²) in [4.78, 5) is 11.7. The third kappa shape index (κ3) is 2.88. The fraction of sp³-hybridized carbons (Fsp3) is 0.231. The lowest BCUT2D eigenvalue weighted by Gasteiger charge is -2.17. The van der Waals surface area contributed by atoms with E-state index in [1.54, 1.807) is 24.3 Å². The maximum Gasteiger partial charge on any atom is 0.244 e. The summed E-state index contributed by atoms with van der Waals surface area (Å²) in [6.45, 7) is 3.69. The van der Waals surface area contributed by atoms with Crippen molar-refractivity contribution in [2.24, 2.45) is 5.73 Å². The summed E-state index contributed by atoms with van der Waals surface area (Å²) in [5.41, 5.74) is 8.60. The van der Waals surface area contributed by atoms with Gasteiger partial charge in [0.2, 0.25) is 5.91 Å². The first-order valence-electron chi connectivity index (χ1n) is 5.82. The second-order valence-electron chi connectivity index (χ2n) is 4.33. The number of carbonyl (C=O) groups is 1. The Morgan fingerprint density at radius 2 is 2.00 bits per heavy atom. The van der Waals surface area contributed by atoms with Crippen molar-refractivity contribution in [3.8, 4) is 0 Å². The minimum atomic E-state index is -0.625. The van der Waals surface area contributed by atoms with Crippen molar-refractivity contribution >= 4 is 23.2 Å². The predicted octanol–water partition coefficient (Wildman–Crippen LogP) is 2.32. The van der Waals surface area contributed by atoms with Crippen LogP contribution < -0.4 is 11.1 Å². The topological polar surface area (TPSA) is 83.8 Å². The Balaban J connectivity index is 2.32. The summed E-state index contributed by atoms with van der Waals surface area (Å²) in [7, 11) is 0. The first-order chi connectivity index (χ1) is 8.99. The molecule has 1 atom stereocenters. The number of amides is 1. The lowest BCUT2D eigenvalue weighted by molar-refractivity contribution is -0.118.